The van der Waals surface area contributed by atoms with Crippen LogP contribution in [-0.4, -0.2) is 59.2 Å². The number of hydrogen-bond acceptors (Lipinski definition) is 5. The summed E-state index contributed by atoms with van der Waals surface area (Å²) in [4.78, 5) is 14.2. The predicted molar refractivity (Wildman–Crippen MR) is 127 cm³/mol. The van der Waals surface area contributed by atoms with Gasteiger partial charge in [0.15, 0.2) is 18.2 Å². The van der Waals surface area contributed by atoms with Gasteiger partial charge < -0.3 is 10.1 Å². The molecule has 38 heavy (non-hydrogen) atoms. The summed E-state index contributed by atoms with van der Waals surface area (Å²) in [5.41, 5.74) is 1.26. The van der Waals surface area contributed by atoms with E-state index in [0.29, 0.717) is 11.3 Å². The van der Waals surface area contributed by atoms with E-state index in [1.807, 2.05) is 6.07 Å². The minimum Gasteiger partial charge on any atom is -0.461 e. The fourth-order valence-corrected chi connectivity index (χ4v) is 4.42. The Morgan fingerprint density at radius 1 is 1.16 bits per heavy atom. The number of carbonyl (C=O) groups is 1. The number of carbonyl (C=O) groups excluding carboxylic acids is 1. The lowest BCUT2D eigenvalue weighted by molar-refractivity contribution is -0.143. The van der Waals surface area contributed by atoms with Crippen LogP contribution < -0.4 is 15.4 Å². The number of halogens is 5. The maximum absolute atomic E-state index is 13.9. The van der Waals surface area contributed by atoms with E-state index < -0.39 is 42.3 Å². The van der Waals surface area contributed by atoms with Crippen LogP contribution in [0.25, 0.3) is 5.69 Å². The lowest BCUT2D eigenvalue weighted by atomic mass is 9.94. The van der Waals surface area contributed by atoms with E-state index in [4.69, 9.17) is 10.00 Å². The third kappa shape index (κ3) is 6.20. The van der Waals surface area contributed by atoms with Crippen molar-refractivity contribution in [1.82, 2.24) is 20.0 Å². The van der Waals surface area contributed by atoms with Gasteiger partial charge in [-0.05, 0) is 36.8 Å². The largest absolute Gasteiger partial charge is 0.461 e. The van der Waals surface area contributed by atoms with Crippen molar-refractivity contribution in [3.63, 3.8) is 0 Å². The van der Waals surface area contributed by atoms with Crippen molar-refractivity contribution in [2.24, 2.45) is 0 Å². The molecule has 2 atom stereocenters. The number of ether oxygens (including phenoxy) is 1. The molecule has 1 aliphatic heterocycles. The molecule has 2 amide bonds. The van der Waals surface area contributed by atoms with Gasteiger partial charge in [0.25, 0.3) is 0 Å². The number of aromatic nitrogens is 2. The summed E-state index contributed by atoms with van der Waals surface area (Å²) in [6.07, 6.45) is -4.48. The number of urea groups is 1. The number of nitrogens with zero attached hydrogens (tertiary/aromatic N) is 4. The van der Waals surface area contributed by atoms with Crippen molar-refractivity contribution >= 4 is 11.8 Å². The normalized spacial score (nSPS) is 17.7. The third-order valence-electron chi connectivity index (χ3n) is 6.07. The zero-order valence-electron chi connectivity index (χ0n) is 20.1. The Kier molecular flexibility index (Phi) is 7.82. The summed E-state index contributed by atoms with van der Waals surface area (Å²) >= 11 is 0. The molecule has 0 saturated carbocycles. The highest BCUT2D eigenvalue weighted by Crippen LogP contribution is 2.32. The van der Waals surface area contributed by atoms with Crippen LogP contribution >= 0.6 is 0 Å². The lowest BCUT2D eigenvalue weighted by Crippen LogP contribution is -2.43. The molecule has 2 heterocycles. The zero-order valence-corrected chi connectivity index (χ0v) is 20.1. The molecule has 1 aliphatic rings. The van der Waals surface area contributed by atoms with Crippen molar-refractivity contribution in [1.29, 1.82) is 5.26 Å². The summed E-state index contributed by atoms with van der Waals surface area (Å²) in [5, 5.41) is 18.5. The molecule has 3 aromatic rings. The van der Waals surface area contributed by atoms with E-state index in [1.165, 1.54) is 10.7 Å². The van der Waals surface area contributed by atoms with Gasteiger partial charge in [-0.15, -0.1) is 5.10 Å². The number of nitriles is 1. The third-order valence-corrected chi connectivity index (χ3v) is 6.07. The molecule has 0 spiro atoms. The van der Waals surface area contributed by atoms with Gasteiger partial charge in [0, 0.05) is 19.0 Å². The molecule has 1 saturated heterocycles. The summed E-state index contributed by atoms with van der Waals surface area (Å²) < 4.78 is 73.4. The van der Waals surface area contributed by atoms with Crippen molar-refractivity contribution in [3.8, 4) is 17.6 Å². The first kappa shape index (κ1) is 26.9. The van der Waals surface area contributed by atoms with Crippen molar-refractivity contribution in [2.75, 3.05) is 31.6 Å². The first-order valence-electron chi connectivity index (χ1n) is 11.5. The number of likely N-dealkylation sites (tertiary alicyclic amines) is 1. The molecular formula is C25H23F5N6O2. The molecular weight excluding hydrogens is 511 g/mol. The van der Waals surface area contributed by atoms with E-state index in [0.717, 1.165) is 17.0 Å². The molecule has 0 bridgehead atoms. The molecule has 1 fully saturated rings. The highest BCUT2D eigenvalue weighted by Gasteiger charge is 2.40. The van der Waals surface area contributed by atoms with Crippen LogP contribution in [0, 0.1) is 29.9 Å². The quantitative estimate of drug-likeness (QED) is 0.435. The van der Waals surface area contributed by atoms with E-state index in [1.54, 1.807) is 37.3 Å². The Morgan fingerprint density at radius 2 is 1.89 bits per heavy atom. The maximum Gasteiger partial charge on any atom is 0.401 e. The Morgan fingerprint density at radius 3 is 2.55 bits per heavy atom. The topological polar surface area (TPSA) is 95.2 Å². The summed E-state index contributed by atoms with van der Waals surface area (Å²) in [5.74, 6) is -2.61. The standard InChI is InChI=1S/C25H23F5N6O2/c1-15-22(36(17-5-3-2-4-6-17)34-23(15)38-10-9-31)33-24(37)32-21-13-35(14-25(28,29)30)12-18(21)16-7-8-19(26)20(27)11-16/h2-8,11,18,21H,10,12-14H2,1H3,(H2,32,33,37). The second-order valence-corrected chi connectivity index (χ2v) is 8.77. The molecule has 1 aromatic heterocycles. The molecule has 200 valence electrons. The number of amides is 2. The van der Waals surface area contributed by atoms with Crippen molar-refractivity contribution < 1.29 is 31.5 Å². The van der Waals surface area contributed by atoms with Crippen molar-refractivity contribution in [2.45, 2.75) is 25.1 Å². The number of anilines is 1. The molecule has 4 rings (SSSR count). The zero-order chi connectivity index (χ0) is 27.4. The van der Waals surface area contributed by atoms with Crippen LogP contribution in [0.15, 0.2) is 48.5 Å². The minimum absolute atomic E-state index is 0.114. The molecule has 8 nitrogen and oxygen atoms in total. The number of rotatable bonds is 7. The van der Waals surface area contributed by atoms with Gasteiger partial charge in [-0.25, -0.2) is 18.3 Å². The first-order valence-corrected chi connectivity index (χ1v) is 11.5. The first-order chi connectivity index (χ1) is 18.1. The summed E-state index contributed by atoms with van der Waals surface area (Å²) in [6, 6.07) is 12.1. The molecule has 2 unspecified atom stereocenters. The number of nitrogens with one attached hydrogen (secondary N) is 2. The molecule has 2 aromatic carbocycles. The predicted octanol–water partition coefficient (Wildman–Crippen LogP) is 4.51. The van der Waals surface area contributed by atoms with Gasteiger partial charge in [-0.1, -0.05) is 24.3 Å². The molecule has 2 N–H and O–H groups in total. The van der Waals surface area contributed by atoms with Gasteiger partial charge in [-0.3, -0.25) is 10.2 Å². The van der Waals surface area contributed by atoms with Crippen molar-refractivity contribution in [3.05, 3.63) is 71.3 Å². The number of hydrogen-bond donors (Lipinski definition) is 2. The molecule has 13 heteroatoms. The van der Waals surface area contributed by atoms with E-state index in [2.05, 4.69) is 15.7 Å². The van der Waals surface area contributed by atoms with Crippen LogP contribution in [0.5, 0.6) is 5.88 Å². The minimum atomic E-state index is -4.48. The highest BCUT2D eigenvalue weighted by molar-refractivity contribution is 5.90. The average Bonchev–Trinajstić information content (AvgIpc) is 3.39. The van der Waals surface area contributed by atoms with E-state index in [9.17, 15) is 26.7 Å². The Bertz CT molecular complexity index is 1340. The van der Waals surface area contributed by atoms with Gasteiger partial charge in [0.1, 0.15) is 11.9 Å². The Labute approximate surface area is 214 Å². The van der Waals surface area contributed by atoms with Crippen LogP contribution in [0.1, 0.15) is 17.0 Å². The summed E-state index contributed by atoms with van der Waals surface area (Å²) in [6.45, 7) is -0.149. The van der Waals surface area contributed by atoms with Gasteiger partial charge in [0.05, 0.1) is 23.8 Å². The number of para-hydroxylation sites is 1. The Hall–Kier alpha value is -4.18. The average molecular weight is 534 g/mol. The van der Waals surface area contributed by atoms with Gasteiger partial charge >= 0.3 is 12.2 Å². The second-order valence-electron chi connectivity index (χ2n) is 8.77. The Balaban J connectivity index is 1.59. The fourth-order valence-electron chi connectivity index (χ4n) is 4.42. The van der Waals surface area contributed by atoms with Crippen LogP contribution in [0.4, 0.5) is 32.6 Å². The molecule has 0 aliphatic carbocycles. The fraction of sp³-hybridized carbons (Fsp3) is 0.320. The van der Waals surface area contributed by atoms with Gasteiger partial charge in [0.2, 0.25) is 5.88 Å². The van der Waals surface area contributed by atoms with E-state index >= 15 is 0 Å². The van der Waals surface area contributed by atoms with E-state index in [-0.39, 0.29) is 37.0 Å². The number of alkyl halides is 3. The second kappa shape index (κ2) is 11.1. The summed E-state index contributed by atoms with van der Waals surface area (Å²) in [7, 11) is 0. The van der Waals surface area contributed by atoms with Crippen LogP contribution in [-0.2, 0) is 0 Å². The monoisotopic (exact) mass is 534 g/mol. The maximum atomic E-state index is 13.9. The van der Waals surface area contributed by atoms with Crippen LogP contribution in [0.3, 0.4) is 0 Å². The SMILES string of the molecule is Cc1c(OCC#N)nn(-c2ccccc2)c1NC(=O)NC1CN(CC(F)(F)F)CC1c1ccc(F)c(F)c1. The van der Waals surface area contributed by atoms with Gasteiger partial charge in [-0.2, -0.15) is 18.4 Å². The highest BCUT2D eigenvalue weighted by atomic mass is 19.4. The number of benzene rings is 2. The lowest BCUT2D eigenvalue weighted by Gasteiger charge is -2.21. The smallest absolute Gasteiger partial charge is 0.401 e. The molecule has 0 radical (unpaired) electrons. The van der Waals surface area contributed by atoms with Crippen LogP contribution in [0.2, 0.25) is 0 Å².